The van der Waals surface area contributed by atoms with Gasteiger partial charge in [0.1, 0.15) is 0 Å². The van der Waals surface area contributed by atoms with Crippen molar-refractivity contribution in [2.45, 2.75) is 12.6 Å². The molecule has 1 aromatic rings. The number of halogens is 2. The average molecular weight is 337 g/mol. The molecule has 7 heteroatoms. The fourth-order valence-electron chi connectivity index (χ4n) is 2.40. The Bertz CT molecular complexity index is 460. The van der Waals surface area contributed by atoms with Crippen LogP contribution in [-0.2, 0) is 6.54 Å². The molecule has 2 rings (SSSR count). The van der Waals surface area contributed by atoms with Gasteiger partial charge < -0.3 is 25.2 Å². The van der Waals surface area contributed by atoms with Crippen LogP contribution in [0.5, 0.6) is 11.5 Å². The summed E-state index contributed by atoms with van der Waals surface area (Å²) < 4.78 is 10.5. The Labute approximate surface area is 136 Å². The van der Waals surface area contributed by atoms with E-state index in [-0.39, 0.29) is 24.4 Å². The van der Waals surface area contributed by atoms with Crippen LogP contribution in [0.2, 0.25) is 5.02 Å². The van der Waals surface area contributed by atoms with Gasteiger partial charge in [-0.2, -0.15) is 0 Å². The monoisotopic (exact) mass is 336 g/mol. The minimum atomic E-state index is -0.267. The van der Waals surface area contributed by atoms with Crippen LogP contribution >= 0.6 is 24.0 Å². The largest absolute Gasteiger partial charge is 0.493 e. The predicted molar refractivity (Wildman–Crippen MR) is 85.9 cm³/mol. The molecule has 0 radical (unpaired) electrons. The highest BCUT2D eigenvalue weighted by atomic mass is 35.5. The second-order valence-electron chi connectivity index (χ2n) is 4.93. The van der Waals surface area contributed by atoms with Crippen molar-refractivity contribution in [2.75, 3.05) is 33.9 Å². The van der Waals surface area contributed by atoms with Gasteiger partial charge in [0, 0.05) is 32.1 Å². The number of rotatable bonds is 6. The molecule has 0 spiro atoms. The van der Waals surface area contributed by atoms with E-state index in [1.165, 1.54) is 0 Å². The molecule has 1 aliphatic heterocycles. The molecule has 1 aromatic carbocycles. The normalized spacial score (nSPS) is 21.0. The Morgan fingerprint density at radius 3 is 2.67 bits per heavy atom. The molecular weight excluding hydrogens is 315 g/mol. The number of ether oxygens (including phenoxy) is 2. The van der Waals surface area contributed by atoms with Gasteiger partial charge in [-0.3, -0.25) is 0 Å². The molecule has 5 nitrogen and oxygen atoms in total. The molecule has 1 aliphatic rings. The first-order valence-electron chi connectivity index (χ1n) is 6.65. The standard InChI is InChI=1S/C14H21ClN2O3.ClH/c1-19-13-4-9(3-11(15)14(13)20-2)5-16-6-10-7-17-8-12(10)18;/h3-4,10,12,16-18H,5-8H2,1-2H3;1H. The van der Waals surface area contributed by atoms with Crippen molar-refractivity contribution in [1.82, 2.24) is 10.6 Å². The molecule has 21 heavy (non-hydrogen) atoms. The van der Waals surface area contributed by atoms with Crippen LogP contribution in [0.4, 0.5) is 0 Å². The molecule has 1 fully saturated rings. The lowest BCUT2D eigenvalue weighted by Gasteiger charge is -2.15. The molecule has 0 aromatic heterocycles. The van der Waals surface area contributed by atoms with E-state index in [0.717, 1.165) is 18.7 Å². The van der Waals surface area contributed by atoms with Gasteiger partial charge >= 0.3 is 0 Å². The van der Waals surface area contributed by atoms with Crippen molar-refractivity contribution in [1.29, 1.82) is 0 Å². The van der Waals surface area contributed by atoms with E-state index >= 15 is 0 Å². The fourth-order valence-corrected chi connectivity index (χ4v) is 2.71. The summed E-state index contributed by atoms with van der Waals surface area (Å²) in [5.41, 5.74) is 1.02. The summed E-state index contributed by atoms with van der Waals surface area (Å²) in [5, 5.41) is 16.8. The van der Waals surface area contributed by atoms with E-state index in [1.54, 1.807) is 14.2 Å². The first-order chi connectivity index (χ1) is 9.65. The van der Waals surface area contributed by atoms with E-state index < -0.39 is 0 Å². The molecule has 1 saturated heterocycles. The number of benzene rings is 1. The Hall–Kier alpha value is -0.720. The number of aliphatic hydroxyl groups excluding tert-OH is 1. The quantitative estimate of drug-likeness (QED) is 0.733. The SMILES string of the molecule is COc1cc(CNCC2CNCC2O)cc(Cl)c1OC.Cl. The maximum atomic E-state index is 9.72. The first kappa shape index (κ1) is 18.3. The molecular formula is C14H22Cl2N2O3. The maximum Gasteiger partial charge on any atom is 0.179 e. The third-order valence-electron chi connectivity index (χ3n) is 3.53. The average Bonchev–Trinajstić information content (AvgIpc) is 2.84. The molecule has 120 valence electrons. The molecule has 0 saturated carbocycles. The number of hydrogen-bond donors (Lipinski definition) is 3. The van der Waals surface area contributed by atoms with Crippen LogP contribution in [0.3, 0.4) is 0 Å². The number of nitrogens with one attached hydrogen (secondary N) is 2. The van der Waals surface area contributed by atoms with Gasteiger partial charge in [0.15, 0.2) is 11.5 Å². The number of methoxy groups -OCH3 is 2. The lowest BCUT2D eigenvalue weighted by Crippen LogP contribution is -2.30. The topological polar surface area (TPSA) is 62.8 Å². The number of hydrogen-bond acceptors (Lipinski definition) is 5. The van der Waals surface area contributed by atoms with Gasteiger partial charge in [-0.05, 0) is 17.7 Å². The summed E-state index contributed by atoms with van der Waals surface area (Å²) in [6, 6.07) is 3.76. The summed E-state index contributed by atoms with van der Waals surface area (Å²) in [7, 11) is 3.15. The van der Waals surface area contributed by atoms with E-state index in [2.05, 4.69) is 10.6 Å². The summed E-state index contributed by atoms with van der Waals surface area (Å²) in [5.74, 6) is 1.43. The highest BCUT2D eigenvalue weighted by Gasteiger charge is 2.24. The lowest BCUT2D eigenvalue weighted by molar-refractivity contribution is 0.146. The van der Waals surface area contributed by atoms with Crippen LogP contribution in [0.1, 0.15) is 5.56 Å². The molecule has 2 unspecified atom stereocenters. The molecule has 3 N–H and O–H groups in total. The minimum absolute atomic E-state index is 0. The Balaban J connectivity index is 0.00000220. The van der Waals surface area contributed by atoms with Crippen LogP contribution in [0.25, 0.3) is 0 Å². The van der Waals surface area contributed by atoms with E-state index in [0.29, 0.717) is 29.6 Å². The first-order valence-corrected chi connectivity index (χ1v) is 7.03. The molecule has 1 heterocycles. The fraction of sp³-hybridized carbons (Fsp3) is 0.571. The number of β-amino-alcohol motifs (C(OH)–C–C–N with tert-alkyl or cyclic N) is 1. The number of aliphatic hydroxyl groups is 1. The van der Waals surface area contributed by atoms with Crippen molar-refractivity contribution >= 4 is 24.0 Å². The molecule has 0 aliphatic carbocycles. The van der Waals surface area contributed by atoms with Crippen LogP contribution in [0, 0.1) is 5.92 Å². The Morgan fingerprint density at radius 1 is 1.33 bits per heavy atom. The van der Waals surface area contributed by atoms with E-state index in [9.17, 15) is 5.11 Å². The van der Waals surface area contributed by atoms with Crippen molar-refractivity contribution in [3.8, 4) is 11.5 Å². The zero-order valence-electron chi connectivity index (χ0n) is 12.2. The second-order valence-corrected chi connectivity index (χ2v) is 5.34. The molecule has 2 atom stereocenters. The zero-order chi connectivity index (χ0) is 14.5. The maximum absolute atomic E-state index is 9.72. The predicted octanol–water partition coefficient (Wildman–Crippen LogP) is 1.45. The van der Waals surface area contributed by atoms with Crippen LogP contribution < -0.4 is 20.1 Å². The van der Waals surface area contributed by atoms with Crippen molar-refractivity contribution < 1.29 is 14.6 Å². The third kappa shape index (κ3) is 4.63. The molecule has 0 amide bonds. The van der Waals surface area contributed by atoms with Crippen molar-refractivity contribution in [3.63, 3.8) is 0 Å². The summed E-state index contributed by atoms with van der Waals surface area (Å²) in [4.78, 5) is 0. The Kier molecular flexibility index (Phi) is 7.56. The summed E-state index contributed by atoms with van der Waals surface area (Å²) >= 11 is 6.16. The van der Waals surface area contributed by atoms with Crippen LogP contribution in [-0.4, -0.2) is 45.1 Å². The van der Waals surface area contributed by atoms with Gasteiger partial charge in [0.05, 0.1) is 25.3 Å². The van der Waals surface area contributed by atoms with E-state index in [1.807, 2.05) is 12.1 Å². The summed E-state index contributed by atoms with van der Waals surface area (Å²) in [6.45, 7) is 2.96. The van der Waals surface area contributed by atoms with Gasteiger partial charge in [0.25, 0.3) is 0 Å². The van der Waals surface area contributed by atoms with Gasteiger partial charge in [0.2, 0.25) is 0 Å². The highest BCUT2D eigenvalue weighted by Crippen LogP contribution is 2.35. The third-order valence-corrected chi connectivity index (χ3v) is 3.81. The minimum Gasteiger partial charge on any atom is -0.493 e. The van der Waals surface area contributed by atoms with Crippen molar-refractivity contribution in [3.05, 3.63) is 22.7 Å². The second kappa shape index (κ2) is 8.66. The summed E-state index contributed by atoms with van der Waals surface area (Å²) in [6.07, 6.45) is -0.267. The van der Waals surface area contributed by atoms with Gasteiger partial charge in [-0.15, -0.1) is 12.4 Å². The van der Waals surface area contributed by atoms with Gasteiger partial charge in [-0.1, -0.05) is 11.6 Å². The van der Waals surface area contributed by atoms with Crippen molar-refractivity contribution in [2.24, 2.45) is 5.92 Å². The smallest absolute Gasteiger partial charge is 0.179 e. The van der Waals surface area contributed by atoms with Crippen LogP contribution in [0.15, 0.2) is 12.1 Å². The highest BCUT2D eigenvalue weighted by molar-refractivity contribution is 6.32. The zero-order valence-corrected chi connectivity index (χ0v) is 13.8. The van der Waals surface area contributed by atoms with Gasteiger partial charge in [-0.25, -0.2) is 0 Å². The van der Waals surface area contributed by atoms with E-state index in [4.69, 9.17) is 21.1 Å². The lowest BCUT2D eigenvalue weighted by atomic mass is 10.1. The molecule has 0 bridgehead atoms. The Morgan fingerprint density at radius 2 is 2.10 bits per heavy atom.